The Morgan fingerprint density at radius 1 is 1.38 bits per heavy atom. The van der Waals surface area contributed by atoms with Gasteiger partial charge >= 0.3 is 0 Å². The van der Waals surface area contributed by atoms with Gasteiger partial charge in [0.1, 0.15) is 5.02 Å². The van der Waals surface area contributed by atoms with E-state index in [4.69, 9.17) is 11.6 Å². The summed E-state index contributed by atoms with van der Waals surface area (Å²) >= 11 is 6.14. The molecule has 0 spiro atoms. The minimum absolute atomic E-state index is 0.642. The van der Waals surface area contributed by atoms with Gasteiger partial charge in [-0.15, -0.1) is 0 Å². The molecule has 0 amide bonds. The molecule has 1 aliphatic rings. The van der Waals surface area contributed by atoms with Crippen LogP contribution in [0.15, 0.2) is 6.20 Å². The zero-order chi connectivity index (χ0) is 11.4. The Hall–Kier alpha value is -1.03. The van der Waals surface area contributed by atoms with E-state index in [9.17, 15) is 0 Å². The Balaban J connectivity index is 2.19. The molecule has 1 aromatic heterocycles. The molecule has 4 nitrogen and oxygen atoms in total. The summed E-state index contributed by atoms with van der Waals surface area (Å²) in [6, 6.07) is 0. The highest BCUT2D eigenvalue weighted by molar-refractivity contribution is 6.32. The standard InChI is InChI=1S/C11H17ClN4/c1-2-13-11-14-8-9(12)10(15-11)16-6-4-3-5-7-16/h8H,2-7H2,1H3,(H,13,14,15). The minimum atomic E-state index is 0.642. The Morgan fingerprint density at radius 3 is 2.81 bits per heavy atom. The van der Waals surface area contributed by atoms with Gasteiger partial charge in [-0.1, -0.05) is 11.6 Å². The first-order chi connectivity index (χ1) is 7.81. The molecule has 0 saturated carbocycles. The molecule has 1 aromatic rings. The van der Waals surface area contributed by atoms with Gasteiger partial charge in [0.05, 0.1) is 6.20 Å². The van der Waals surface area contributed by atoms with Crippen molar-refractivity contribution in [2.45, 2.75) is 26.2 Å². The lowest BCUT2D eigenvalue weighted by atomic mass is 10.1. The van der Waals surface area contributed by atoms with Gasteiger partial charge < -0.3 is 10.2 Å². The van der Waals surface area contributed by atoms with Crippen molar-refractivity contribution in [2.24, 2.45) is 0 Å². The number of hydrogen-bond acceptors (Lipinski definition) is 4. The Kier molecular flexibility index (Phi) is 3.83. The van der Waals surface area contributed by atoms with Crippen LogP contribution in [0.2, 0.25) is 5.02 Å². The highest BCUT2D eigenvalue weighted by atomic mass is 35.5. The van der Waals surface area contributed by atoms with E-state index in [1.54, 1.807) is 6.20 Å². The zero-order valence-electron chi connectivity index (χ0n) is 9.54. The maximum absolute atomic E-state index is 6.14. The summed E-state index contributed by atoms with van der Waals surface area (Å²) in [4.78, 5) is 10.8. The van der Waals surface area contributed by atoms with Crippen LogP contribution in [-0.2, 0) is 0 Å². The number of halogens is 1. The smallest absolute Gasteiger partial charge is 0.224 e. The summed E-state index contributed by atoms with van der Waals surface area (Å²) in [6.07, 6.45) is 5.42. The molecule has 1 saturated heterocycles. The SMILES string of the molecule is CCNc1ncc(Cl)c(N2CCCCC2)n1. The van der Waals surface area contributed by atoms with Gasteiger partial charge in [0.25, 0.3) is 0 Å². The molecule has 0 atom stereocenters. The van der Waals surface area contributed by atoms with Crippen LogP contribution in [0, 0.1) is 0 Å². The maximum Gasteiger partial charge on any atom is 0.224 e. The summed E-state index contributed by atoms with van der Waals surface area (Å²) < 4.78 is 0. The normalized spacial score (nSPS) is 16.2. The Labute approximate surface area is 101 Å². The summed E-state index contributed by atoms with van der Waals surface area (Å²) in [5, 5.41) is 3.75. The lowest BCUT2D eigenvalue weighted by Gasteiger charge is -2.28. The van der Waals surface area contributed by atoms with Crippen molar-refractivity contribution in [1.29, 1.82) is 0 Å². The number of anilines is 2. The Bertz CT molecular complexity index is 350. The van der Waals surface area contributed by atoms with E-state index < -0.39 is 0 Å². The van der Waals surface area contributed by atoms with Gasteiger partial charge in [-0.3, -0.25) is 0 Å². The maximum atomic E-state index is 6.14. The lowest BCUT2D eigenvalue weighted by molar-refractivity contribution is 0.573. The van der Waals surface area contributed by atoms with Crippen LogP contribution >= 0.6 is 11.6 Å². The molecular formula is C11H17ClN4. The summed E-state index contributed by atoms with van der Waals surface area (Å²) in [5.41, 5.74) is 0. The molecule has 0 unspecified atom stereocenters. The number of rotatable bonds is 3. The number of nitrogens with zero attached hydrogens (tertiary/aromatic N) is 3. The van der Waals surface area contributed by atoms with Crippen LogP contribution in [0.1, 0.15) is 26.2 Å². The minimum Gasteiger partial charge on any atom is -0.355 e. The molecule has 1 N–H and O–H groups in total. The fourth-order valence-corrected chi connectivity index (χ4v) is 2.14. The van der Waals surface area contributed by atoms with Crippen LogP contribution in [0.3, 0.4) is 0 Å². The second-order valence-corrected chi connectivity index (χ2v) is 4.35. The molecule has 0 aliphatic carbocycles. The topological polar surface area (TPSA) is 41.1 Å². The fourth-order valence-electron chi connectivity index (χ4n) is 1.93. The molecule has 0 radical (unpaired) electrons. The van der Waals surface area contributed by atoms with Crippen LogP contribution < -0.4 is 10.2 Å². The Morgan fingerprint density at radius 2 is 2.12 bits per heavy atom. The molecule has 88 valence electrons. The first-order valence-electron chi connectivity index (χ1n) is 5.82. The molecule has 0 bridgehead atoms. The second-order valence-electron chi connectivity index (χ2n) is 3.94. The van der Waals surface area contributed by atoms with E-state index in [0.29, 0.717) is 11.0 Å². The zero-order valence-corrected chi connectivity index (χ0v) is 10.3. The summed E-state index contributed by atoms with van der Waals surface area (Å²) in [5.74, 6) is 1.53. The number of nitrogens with one attached hydrogen (secondary N) is 1. The molecule has 0 aromatic carbocycles. The van der Waals surface area contributed by atoms with Crippen molar-refractivity contribution in [3.63, 3.8) is 0 Å². The monoisotopic (exact) mass is 240 g/mol. The average molecular weight is 241 g/mol. The van der Waals surface area contributed by atoms with Crippen LogP contribution in [0.5, 0.6) is 0 Å². The van der Waals surface area contributed by atoms with Gasteiger partial charge in [-0.25, -0.2) is 4.98 Å². The van der Waals surface area contributed by atoms with Gasteiger partial charge in [0, 0.05) is 19.6 Å². The highest BCUT2D eigenvalue weighted by Crippen LogP contribution is 2.26. The molecule has 5 heteroatoms. The first-order valence-corrected chi connectivity index (χ1v) is 6.20. The molecule has 1 fully saturated rings. The first kappa shape index (κ1) is 11.5. The van der Waals surface area contributed by atoms with Crippen molar-refractivity contribution in [1.82, 2.24) is 9.97 Å². The highest BCUT2D eigenvalue weighted by Gasteiger charge is 2.16. The van der Waals surface area contributed by atoms with Crippen LogP contribution in [0.25, 0.3) is 0 Å². The van der Waals surface area contributed by atoms with E-state index >= 15 is 0 Å². The van der Waals surface area contributed by atoms with E-state index in [2.05, 4.69) is 20.2 Å². The fraction of sp³-hybridized carbons (Fsp3) is 0.636. The molecule has 16 heavy (non-hydrogen) atoms. The van der Waals surface area contributed by atoms with Crippen molar-refractivity contribution >= 4 is 23.4 Å². The van der Waals surface area contributed by atoms with Gasteiger partial charge in [0.15, 0.2) is 5.82 Å². The lowest BCUT2D eigenvalue weighted by Crippen LogP contribution is -2.30. The third-order valence-corrected chi connectivity index (χ3v) is 2.98. The number of piperidine rings is 1. The molecule has 2 heterocycles. The van der Waals surface area contributed by atoms with Crippen molar-refractivity contribution in [3.8, 4) is 0 Å². The average Bonchev–Trinajstić information content (AvgIpc) is 2.33. The van der Waals surface area contributed by atoms with Crippen LogP contribution in [-0.4, -0.2) is 29.6 Å². The van der Waals surface area contributed by atoms with Gasteiger partial charge in [0.2, 0.25) is 5.95 Å². The van der Waals surface area contributed by atoms with Crippen molar-refractivity contribution < 1.29 is 0 Å². The number of aromatic nitrogens is 2. The van der Waals surface area contributed by atoms with Gasteiger partial charge in [-0.2, -0.15) is 4.98 Å². The largest absolute Gasteiger partial charge is 0.355 e. The van der Waals surface area contributed by atoms with E-state index in [0.717, 1.165) is 25.5 Å². The predicted molar refractivity (Wildman–Crippen MR) is 67.3 cm³/mol. The molecule has 1 aliphatic heterocycles. The van der Waals surface area contributed by atoms with Crippen molar-refractivity contribution in [3.05, 3.63) is 11.2 Å². The quantitative estimate of drug-likeness (QED) is 0.882. The van der Waals surface area contributed by atoms with Crippen LogP contribution in [0.4, 0.5) is 11.8 Å². The predicted octanol–water partition coefficient (Wildman–Crippen LogP) is 2.55. The van der Waals surface area contributed by atoms with E-state index in [1.165, 1.54) is 19.3 Å². The van der Waals surface area contributed by atoms with E-state index in [1.807, 2.05) is 6.92 Å². The van der Waals surface area contributed by atoms with Gasteiger partial charge in [-0.05, 0) is 26.2 Å². The van der Waals surface area contributed by atoms with E-state index in [-0.39, 0.29) is 0 Å². The summed E-state index contributed by atoms with van der Waals surface area (Å²) in [6.45, 7) is 4.93. The van der Waals surface area contributed by atoms with Crippen molar-refractivity contribution in [2.75, 3.05) is 29.9 Å². The second kappa shape index (κ2) is 5.34. The molecule has 2 rings (SSSR count). The number of hydrogen-bond donors (Lipinski definition) is 1. The summed E-state index contributed by atoms with van der Waals surface area (Å²) in [7, 11) is 0. The third-order valence-electron chi connectivity index (χ3n) is 2.72. The molecular weight excluding hydrogens is 224 g/mol. The third kappa shape index (κ3) is 2.55.